The predicted octanol–water partition coefficient (Wildman–Crippen LogP) is 3.63. The van der Waals surface area contributed by atoms with Crippen LogP contribution in [0.2, 0.25) is 0 Å². The van der Waals surface area contributed by atoms with Crippen LogP contribution in [0, 0.1) is 6.92 Å². The summed E-state index contributed by atoms with van der Waals surface area (Å²) < 4.78 is 5.40. The summed E-state index contributed by atoms with van der Waals surface area (Å²) in [5.41, 5.74) is 3.55. The third kappa shape index (κ3) is 2.53. The Morgan fingerprint density at radius 1 is 1.05 bits per heavy atom. The Hall–Kier alpha value is -2.09. The summed E-state index contributed by atoms with van der Waals surface area (Å²) in [4.78, 5) is 11.9. The highest BCUT2D eigenvalue weighted by Gasteiger charge is 2.24. The molecular formula is C17H16O2. The van der Waals surface area contributed by atoms with Crippen molar-refractivity contribution in [2.45, 2.75) is 25.7 Å². The summed E-state index contributed by atoms with van der Waals surface area (Å²) >= 11 is 0. The fraction of sp³-hybridized carbons (Fsp3) is 0.235. The zero-order valence-electron chi connectivity index (χ0n) is 10.9. The highest BCUT2D eigenvalue weighted by Crippen LogP contribution is 2.32. The maximum Gasteiger partial charge on any atom is 0.311 e. The van der Waals surface area contributed by atoms with Gasteiger partial charge in [-0.25, -0.2) is 0 Å². The third-order valence-corrected chi connectivity index (χ3v) is 3.59. The first kappa shape index (κ1) is 12.0. The molecule has 2 nitrogen and oxygen atoms in total. The lowest BCUT2D eigenvalue weighted by atomic mass is 9.89. The maximum atomic E-state index is 11.9. The maximum absolute atomic E-state index is 11.9. The lowest BCUT2D eigenvalue weighted by Crippen LogP contribution is -2.10. The first-order valence-corrected chi connectivity index (χ1v) is 6.57. The molecule has 2 aromatic carbocycles. The minimum atomic E-state index is -0.142. The van der Waals surface area contributed by atoms with Gasteiger partial charge in [0.25, 0.3) is 0 Å². The van der Waals surface area contributed by atoms with Crippen molar-refractivity contribution in [2.75, 3.05) is 0 Å². The number of benzene rings is 2. The minimum Gasteiger partial charge on any atom is -0.426 e. The van der Waals surface area contributed by atoms with E-state index in [1.807, 2.05) is 30.3 Å². The van der Waals surface area contributed by atoms with Crippen molar-refractivity contribution in [3.05, 3.63) is 65.2 Å². The molecule has 0 saturated carbocycles. The van der Waals surface area contributed by atoms with Gasteiger partial charge in [-0.2, -0.15) is 0 Å². The molecule has 0 unspecified atom stereocenters. The largest absolute Gasteiger partial charge is 0.426 e. The van der Waals surface area contributed by atoms with Crippen LogP contribution in [0.15, 0.2) is 48.5 Å². The van der Waals surface area contributed by atoms with E-state index in [1.165, 1.54) is 11.1 Å². The summed E-state index contributed by atoms with van der Waals surface area (Å²) in [6.07, 6.45) is 1.30. The van der Waals surface area contributed by atoms with Crippen molar-refractivity contribution in [1.29, 1.82) is 0 Å². The van der Waals surface area contributed by atoms with Crippen molar-refractivity contribution >= 4 is 5.97 Å². The van der Waals surface area contributed by atoms with Crippen LogP contribution in [0.4, 0.5) is 0 Å². The second kappa shape index (κ2) is 4.88. The Kier molecular flexibility index (Phi) is 3.08. The third-order valence-electron chi connectivity index (χ3n) is 3.59. The Morgan fingerprint density at radius 2 is 1.89 bits per heavy atom. The molecule has 2 aromatic rings. The summed E-state index contributed by atoms with van der Waals surface area (Å²) in [5.74, 6) is 0.773. The number of aryl methyl sites for hydroxylation is 1. The minimum absolute atomic E-state index is 0.142. The summed E-state index contributed by atoms with van der Waals surface area (Å²) in [7, 11) is 0. The topological polar surface area (TPSA) is 26.3 Å². The normalized spacial score (nSPS) is 18.4. The Labute approximate surface area is 113 Å². The van der Waals surface area contributed by atoms with Gasteiger partial charge >= 0.3 is 5.97 Å². The van der Waals surface area contributed by atoms with Crippen molar-refractivity contribution in [3.8, 4) is 5.75 Å². The molecule has 3 rings (SSSR count). The zero-order chi connectivity index (χ0) is 13.2. The highest BCUT2D eigenvalue weighted by atomic mass is 16.5. The molecule has 0 spiro atoms. The summed E-state index contributed by atoms with van der Waals surface area (Å²) in [6.45, 7) is 2.08. The molecule has 0 aromatic heterocycles. The fourth-order valence-electron chi connectivity index (χ4n) is 2.63. The Bertz CT molecular complexity index is 616. The molecule has 0 amide bonds. The molecule has 0 fully saturated rings. The molecule has 1 aliphatic heterocycles. The number of hydrogen-bond acceptors (Lipinski definition) is 2. The predicted molar refractivity (Wildman–Crippen MR) is 74.3 cm³/mol. The first-order valence-electron chi connectivity index (χ1n) is 6.57. The standard InChI is InChI=1S/C17H16O2/c1-12-5-4-7-13(9-12)15-10-14-6-2-3-8-16(14)19-17(18)11-15/h2-9,15H,10-11H2,1H3/t15-/m1/s1. The Morgan fingerprint density at radius 3 is 2.74 bits per heavy atom. The lowest BCUT2D eigenvalue weighted by molar-refractivity contribution is -0.134. The molecule has 0 aliphatic carbocycles. The fourth-order valence-corrected chi connectivity index (χ4v) is 2.63. The first-order chi connectivity index (χ1) is 9.22. The molecule has 0 bridgehead atoms. The van der Waals surface area contributed by atoms with Crippen LogP contribution in [0.25, 0.3) is 0 Å². The molecule has 0 radical (unpaired) electrons. The molecule has 1 heterocycles. The Balaban J connectivity index is 1.98. The number of carbonyl (C=O) groups is 1. The monoisotopic (exact) mass is 252 g/mol. The molecule has 1 atom stereocenters. The molecule has 0 N–H and O–H groups in total. The summed E-state index contributed by atoms with van der Waals surface area (Å²) in [5, 5.41) is 0. The zero-order valence-corrected chi connectivity index (χ0v) is 10.9. The van der Waals surface area contributed by atoms with Crippen LogP contribution in [-0.2, 0) is 11.2 Å². The average Bonchev–Trinajstić information content (AvgIpc) is 2.56. The van der Waals surface area contributed by atoms with Crippen molar-refractivity contribution in [1.82, 2.24) is 0 Å². The second-order valence-electron chi connectivity index (χ2n) is 5.10. The van der Waals surface area contributed by atoms with Crippen LogP contribution in [0.3, 0.4) is 0 Å². The van der Waals surface area contributed by atoms with E-state index in [9.17, 15) is 4.79 Å². The van der Waals surface area contributed by atoms with E-state index in [0.29, 0.717) is 12.2 Å². The molecule has 2 heteroatoms. The van der Waals surface area contributed by atoms with E-state index in [2.05, 4.69) is 25.1 Å². The van der Waals surface area contributed by atoms with Crippen molar-refractivity contribution in [2.24, 2.45) is 0 Å². The van der Waals surface area contributed by atoms with Gasteiger partial charge in [-0.15, -0.1) is 0 Å². The van der Waals surface area contributed by atoms with Gasteiger partial charge in [0.1, 0.15) is 5.75 Å². The smallest absolute Gasteiger partial charge is 0.311 e. The number of rotatable bonds is 1. The van der Waals surface area contributed by atoms with E-state index in [-0.39, 0.29) is 11.9 Å². The van der Waals surface area contributed by atoms with Gasteiger partial charge < -0.3 is 4.74 Å². The van der Waals surface area contributed by atoms with Gasteiger partial charge in [-0.1, -0.05) is 48.0 Å². The van der Waals surface area contributed by atoms with Crippen LogP contribution < -0.4 is 4.74 Å². The van der Waals surface area contributed by atoms with E-state index < -0.39 is 0 Å². The molecular weight excluding hydrogens is 236 g/mol. The second-order valence-corrected chi connectivity index (χ2v) is 5.10. The van der Waals surface area contributed by atoms with E-state index in [4.69, 9.17) is 4.74 Å². The molecule has 19 heavy (non-hydrogen) atoms. The van der Waals surface area contributed by atoms with Gasteiger partial charge in [-0.3, -0.25) is 4.79 Å². The van der Waals surface area contributed by atoms with Gasteiger partial charge in [0, 0.05) is 0 Å². The van der Waals surface area contributed by atoms with E-state index in [1.54, 1.807) is 0 Å². The van der Waals surface area contributed by atoms with Gasteiger partial charge in [0.2, 0.25) is 0 Å². The van der Waals surface area contributed by atoms with Gasteiger partial charge in [0.15, 0.2) is 0 Å². The molecule has 1 aliphatic rings. The number of ether oxygens (including phenoxy) is 1. The lowest BCUT2D eigenvalue weighted by Gasteiger charge is -2.13. The molecule has 0 saturated heterocycles. The quantitative estimate of drug-likeness (QED) is 0.572. The van der Waals surface area contributed by atoms with Crippen molar-refractivity contribution < 1.29 is 9.53 Å². The molecule has 96 valence electrons. The van der Waals surface area contributed by atoms with Gasteiger partial charge in [0.05, 0.1) is 6.42 Å². The van der Waals surface area contributed by atoms with Crippen LogP contribution in [-0.4, -0.2) is 5.97 Å². The SMILES string of the molecule is Cc1cccc([C@H]2CC(=O)Oc3ccccc3C2)c1. The summed E-state index contributed by atoms with van der Waals surface area (Å²) in [6, 6.07) is 16.2. The highest BCUT2D eigenvalue weighted by molar-refractivity contribution is 5.75. The van der Waals surface area contributed by atoms with Crippen LogP contribution in [0.1, 0.15) is 29.0 Å². The number of fused-ring (bicyclic) bond motifs is 1. The number of para-hydroxylation sites is 1. The van der Waals surface area contributed by atoms with Crippen molar-refractivity contribution in [3.63, 3.8) is 0 Å². The number of esters is 1. The van der Waals surface area contributed by atoms with E-state index in [0.717, 1.165) is 12.0 Å². The average molecular weight is 252 g/mol. The number of carbonyl (C=O) groups excluding carboxylic acids is 1. The van der Waals surface area contributed by atoms with Gasteiger partial charge in [-0.05, 0) is 36.5 Å². The van der Waals surface area contributed by atoms with E-state index >= 15 is 0 Å². The van der Waals surface area contributed by atoms with Crippen LogP contribution >= 0.6 is 0 Å². The number of hydrogen-bond donors (Lipinski definition) is 0. The van der Waals surface area contributed by atoms with Crippen LogP contribution in [0.5, 0.6) is 5.75 Å².